The quantitative estimate of drug-likeness (QED) is 0.433. The molecule has 34 heavy (non-hydrogen) atoms. The van der Waals surface area contributed by atoms with Gasteiger partial charge in [0.25, 0.3) is 5.91 Å². The minimum atomic E-state index is -0.101. The average molecular weight is 453 g/mol. The summed E-state index contributed by atoms with van der Waals surface area (Å²) in [6.45, 7) is 2.58. The number of benzene rings is 2. The van der Waals surface area contributed by atoms with E-state index in [1.54, 1.807) is 19.5 Å². The SMILES string of the molecule is COc1cccc(C(CNC(=O)c2cc(-c3cccnc3)nc3ccccc23)N2CCCC2)c1. The summed E-state index contributed by atoms with van der Waals surface area (Å²) >= 11 is 0. The van der Waals surface area contributed by atoms with Crippen LogP contribution in [0, 0.1) is 0 Å². The largest absolute Gasteiger partial charge is 0.497 e. The molecule has 0 aliphatic carbocycles. The van der Waals surface area contributed by atoms with Gasteiger partial charge in [0.15, 0.2) is 0 Å². The Morgan fingerprint density at radius 1 is 1.06 bits per heavy atom. The first-order valence-corrected chi connectivity index (χ1v) is 11.7. The van der Waals surface area contributed by atoms with E-state index >= 15 is 0 Å². The van der Waals surface area contributed by atoms with Gasteiger partial charge in [-0.3, -0.25) is 14.7 Å². The van der Waals surface area contributed by atoms with Crippen LogP contribution in [-0.2, 0) is 0 Å². The van der Waals surface area contributed by atoms with Crippen molar-refractivity contribution in [2.24, 2.45) is 0 Å². The molecule has 2 aromatic heterocycles. The van der Waals surface area contributed by atoms with Crippen LogP contribution in [-0.4, -0.2) is 47.5 Å². The Kier molecular flexibility index (Phi) is 6.49. The number of hydrogen-bond donors (Lipinski definition) is 1. The standard InChI is InChI=1S/C28H28N4O2/c1-34-22-10-6-8-20(16-22)27(32-14-4-5-15-32)19-30-28(33)24-17-26(21-9-7-13-29-18-21)31-25-12-3-2-11-23(24)25/h2-3,6-13,16-18,27H,4-5,14-15,19H2,1H3,(H,30,33). The normalized spacial score (nSPS) is 14.7. The number of carbonyl (C=O) groups is 1. The lowest BCUT2D eigenvalue weighted by molar-refractivity contribution is 0.0939. The molecule has 1 aliphatic rings. The summed E-state index contributed by atoms with van der Waals surface area (Å²) in [5.74, 6) is 0.727. The van der Waals surface area contributed by atoms with Crippen molar-refractivity contribution in [2.45, 2.75) is 18.9 Å². The second-order valence-electron chi connectivity index (χ2n) is 8.56. The van der Waals surface area contributed by atoms with Crippen LogP contribution >= 0.6 is 0 Å². The molecule has 1 aliphatic heterocycles. The van der Waals surface area contributed by atoms with Crippen LogP contribution in [0.4, 0.5) is 0 Å². The topological polar surface area (TPSA) is 67.3 Å². The highest BCUT2D eigenvalue weighted by molar-refractivity contribution is 6.07. The van der Waals surface area contributed by atoms with Gasteiger partial charge in [-0.2, -0.15) is 0 Å². The van der Waals surface area contributed by atoms with E-state index in [-0.39, 0.29) is 11.9 Å². The van der Waals surface area contributed by atoms with E-state index in [0.717, 1.165) is 46.6 Å². The summed E-state index contributed by atoms with van der Waals surface area (Å²) in [6, 6.07) is 21.7. The van der Waals surface area contributed by atoms with Gasteiger partial charge in [0, 0.05) is 29.9 Å². The zero-order chi connectivity index (χ0) is 23.3. The van der Waals surface area contributed by atoms with Gasteiger partial charge in [0.05, 0.1) is 29.9 Å². The average Bonchev–Trinajstić information content (AvgIpc) is 3.43. The highest BCUT2D eigenvalue weighted by Gasteiger charge is 2.25. The number of aromatic nitrogens is 2. The molecule has 2 aromatic carbocycles. The van der Waals surface area contributed by atoms with Crippen LogP contribution in [0.5, 0.6) is 5.75 Å². The number of nitrogens with zero attached hydrogens (tertiary/aromatic N) is 3. The highest BCUT2D eigenvalue weighted by Crippen LogP contribution is 2.28. The van der Waals surface area contributed by atoms with Crippen molar-refractivity contribution < 1.29 is 9.53 Å². The number of carbonyl (C=O) groups excluding carboxylic acids is 1. The lowest BCUT2D eigenvalue weighted by Gasteiger charge is -2.28. The van der Waals surface area contributed by atoms with Crippen LogP contribution in [0.1, 0.15) is 34.8 Å². The van der Waals surface area contributed by atoms with Gasteiger partial charge in [0.2, 0.25) is 0 Å². The van der Waals surface area contributed by atoms with Gasteiger partial charge in [-0.15, -0.1) is 0 Å². The number of fused-ring (bicyclic) bond motifs is 1. The molecule has 1 atom stereocenters. The van der Waals surface area contributed by atoms with Crippen molar-refractivity contribution in [2.75, 3.05) is 26.7 Å². The summed E-state index contributed by atoms with van der Waals surface area (Å²) in [7, 11) is 1.68. The number of hydrogen-bond acceptors (Lipinski definition) is 5. The van der Waals surface area contributed by atoms with E-state index in [4.69, 9.17) is 9.72 Å². The van der Waals surface area contributed by atoms with Gasteiger partial charge in [-0.05, 0) is 67.9 Å². The smallest absolute Gasteiger partial charge is 0.252 e. The molecule has 6 nitrogen and oxygen atoms in total. The molecule has 0 saturated carbocycles. The Balaban J connectivity index is 1.45. The van der Waals surface area contributed by atoms with Gasteiger partial charge in [-0.1, -0.05) is 30.3 Å². The van der Waals surface area contributed by atoms with Crippen molar-refractivity contribution in [3.63, 3.8) is 0 Å². The van der Waals surface area contributed by atoms with E-state index in [1.165, 1.54) is 12.8 Å². The number of amides is 1. The van der Waals surface area contributed by atoms with Crippen molar-refractivity contribution >= 4 is 16.8 Å². The molecule has 172 valence electrons. The lowest BCUT2D eigenvalue weighted by Crippen LogP contribution is -2.37. The Hall–Kier alpha value is -3.77. The van der Waals surface area contributed by atoms with E-state index in [1.807, 2.05) is 54.6 Å². The van der Waals surface area contributed by atoms with E-state index in [0.29, 0.717) is 12.1 Å². The maximum atomic E-state index is 13.5. The van der Waals surface area contributed by atoms with E-state index in [2.05, 4.69) is 27.3 Å². The molecule has 0 spiro atoms. The third-order valence-corrected chi connectivity index (χ3v) is 6.43. The van der Waals surface area contributed by atoms with Crippen LogP contribution in [0.15, 0.2) is 79.1 Å². The first kappa shape index (κ1) is 22.0. The molecule has 5 rings (SSSR count). The fourth-order valence-electron chi connectivity index (χ4n) is 4.67. The fourth-order valence-corrected chi connectivity index (χ4v) is 4.67. The number of ether oxygens (including phenoxy) is 1. The van der Waals surface area contributed by atoms with E-state index in [9.17, 15) is 4.79 Å². The Morgan fingerprint density at radius 3 is 2.71 bits per heavy atom. The molecule has 1 amide bonds. The Bertz CT molecular complexity index is 1290. The highest BCUT2D eigenvalue weighted by atomic mass is 16.5. The summed E-state index contributed by atoms with van der Waals surface area (Å²) < 4.78 is 5.45. The maximum Gasteiger partial charge on any atom is 0.252 e. The van der Waals surface area contributed by atoms with Crippen molar-refractivity contribution in [1.82, 2.24) is 20.2 Å². The molecule has 6 heteroatoms. The second kappa shape index (κ2) is 10.0. The van der Waals surface area contributed by atoms with Gasteiger partial charge < -0.3 is 10.1 Å². The van der Waals surface area contributed by atoms with Crippen molar-refractivity contribution in [1.29, 1.82) is 0 Å². The molecular formula is C28H28N4O2. The molecule has 1 fully saturated rings. The number of rotatable bonds is 7. The third-order valence-electron chi connectivity index (χ3n) is 6.43. The predicted molar refractivity (Wildman–Crippen MR) is 134 cm³/mol. The molecule has 1 saturated heterocycles. The molecule has 4 aromatic rings. The Morgan fingerprint density at radius 2 is 1.91 bits per heavy atom. The minimum absolute atomic E-state index is 0.0902. The van der Waals surface area contributed by atoms with E-state index < -0.39 is 0 Å². The first-order chi connectivity index (χ1) is 16.7. The predicted octanol–water partition coefficient (Wildman–Crippen LogP) is 4.87. The van der Waals surface area contributed by atoms with Gasteiger partial charge in [0.1, 0.15) is 5.75 Å². The first-order valence-electron chi connectivity index (χ1n) is 11.7. The summed E-state index contributed by atoms with van der Waals surface area (Å²) in [5, 5.41) is 4.06. The van der Waals surface area contributed by atoms with Crippen LogP contribution in [0.2, 0.25) is 0 Å². The number of para-hydroxylation sites is 1. The number of methoxy groups -OCH3 is 1. The number of likely N-dealkylation sites (tertiary alicyclic amines) is 1. The number of nitrogens with one attached hydrogen (secondary N) is 1. The zero-order valence-electron chi connectivity index (χ0n) is 19.3. The molecule has 0 bridgehead atoms. The molecule has 1 unspecified atom stereocenters. The monoisotopic (exact) mass is 452 g/mol. The molecule has 1 N–H and O–H groups in total. The zero-order valence-corrected chi connectivity index (χ0v) is 19.3. The minimum Gasteiger partial charge on any atom is -0.497 e. The van der Waals surface area contributed by atoms with Crippen LogP contribution in [0.3, 0.4) is 0 Å². The fraction of sp³-hybridized carbons (Fsp3) is 0.250. The maximum absolute atomic E-state index is 13.5. The molecular weight excluding hydrogens is 424 g/mol. The lowest BCUT2D eigenvalue weighted by atomic mass is 10.0. The summed E-state index contributed by atoms with van der Waals surface area (Å²) in [5.41, 5.74) is 4.18. The summed E-state index contributed by atoms with van der Waals surface area (Å²) in [4.78, 5) is 24.9. The second-order valence-corrected chi connectivity index (χ2v) is 8.56. The van der Waals surface area contributed by atoms with Gasteiger partial charge >= 0.3 is 0 Å². The van der Waals surface area contributed by atoms with Gasteiger partial charge in [-0.25, -0.2) is 4.98 Å². The van der Waals surface area contributed by atoms with Crippen molar-refractivity contribution in [3.05, 3.63) is 90.3 Å². The number of pyridine rings is 2. The molecule has 0 radical (unpaired) electrons. The third kappa shape index (κ3) is 4.63. The van der Waals surface area contributed by atoms with Crippen LogP contribution < -0.4 is 10.1 Å². The Labute approximate surface area is 199 Å². The molecule has 3 heterocycles. The summed E-state index contributed by atoms with van der Waals surface area (Å²) in [6.07, 6.45) is 5.86. The van der Waals surface area contributed by atoms with Crippen LogP contribution in [0.25, 0.3) is 22.2 Å². The van der Waals surface area contributed by atoms with Crippen molar-refractivity contribution in [3.8, 4) is 17.0 Å².